The fourth-order valence-electron chi connectivity index (χ4n) is 2.77. The molecule has 0 radical (unpaired) electrons. The summed E-state index contributed by atoms with van der Waals surface area (Å²) in [6.45, 7) is 2.64. The summed E-state index contributed by atoms with van der Waals surface area (Å²) in [4.78, 5) is 4.45. The van der Waals surface area contributed by atoms with E-state index >= 15 is 0 Å². The molecule has 0 saturated heterocycles. The van der Waals surface area contributed by atoms with Crippen LogP contribution in [0.15, 0.2) is 42.6 Å². The largest absolute Gasteiger partial charge is 0.491 e. The first-order valence-electron chi connectivity index (χ1n) is 7.08. The fourth-order valence-corrected chi connectivity index (χ4v) is 2.77. The maximum Gasteiger partial charge on any atom is 0.157 e. The first-order chi connectivity index (χ1) is 10.3. The summed E-state index contributed by atoms with van der Waals surface area (Å²) in [5.41, 5.74) is 3.07. The number of benzene rings is 1. The van der Waals surface area contributed by atoms with Gasteiger partial charge in [0.2, 0.25) is 0 Å². The van der Waals surface area contributed by atoms with Crippen LogP contribution in [0.5, 0.6) is 5.75 Å². The highest BCUT2D eigenvalue weighted by Gasteiger charge is 2.20. The van der Waals surface area contributed by atoms with Gasteiger partial charge in [-0.05, 0) is 25.0 Å². The molecule has 1 atom stereocenters. The first kappa shape index (κ1) is 12.2. The van der Waals surface area contributed by atoms with E-state index in [1.807, 2.05) is 41.8 Å². The van der Waals surface area contributed by atoms with Crippen molar-refractivity contribution in [3.8, 4) is 5.75 Å². The Morgan fingerprint density at radius 2 is 2.19 bits per heavy atom. The maximum absolute atomic E-state index is 5.82. The van der Waals surface area contributed by atoms with Gasteiger partial charge in [0, 0.05) is 17.8 Å². The minimum absolute atomic E-state index is 0.231. The van der Waals surface area contributed by atoms with Gasteiger partial charge in [-0.2, -0.15) is 9.61 Å². The molecule has 3 aromatic rings. The molecule has 0 unspecified atom stereocenters. The van der Waals surface area contributed by atoms with E-state index in [2.05, 4.69) is 21.5 Å². The molecule has 0 spiro atoms. The van der Waals surface area contributed by atoms with Crippen molar-refractivity contribution in [1.29, 1.82) is 0 Å². The van der Waals surface area contributed by atoms with Crippen LogP contribution in [0, 0.1) is 6.92 Å². The molecule has 4 rings (SSSR count). The number of ether oxygens (including phenoxy) is 1. The van der Waals surface area contributed by atoms with Crippen LogP contribution in [0.2, 0.25) is 0 Å². The second-order valence-electron chi connectivity index (χ2n) is 5.35. The Morgan fingerprint density at radius 3 is 3.14 bits per heavy atom. The number of hydrogen-bond acceptors (Lipinski definition) is 4. The lowest BCUT2D eigenvalue weighted by molar-refractivity contribution is 0.272. The lowest BCUT2D eigenvalue weighted by Gasteiger charge is -2.26. The predicted molar refractivity (Wildman–Crippen MR) is 80.8 cm³/mol. The Kier molecular flexibility index (Phi) is 2.77. The van der Waals surface area contributed by atoms with Crippen LogP contribution in [0.25, 0.3) is 5.65 Å². The van der Waals surface area contributed by atoms with Crippen LogP contribution in [0.4, 0.5) is 5.82 Å². The molecule has 21 heavy (non-hydrogen) atoms. The third-order valence-electron chi connectivity index (χ3n) is 3.72. The summed E-state index contributed by atoms with van der Waals surface area (Å²) >= 11 is 0. The molecule has 0 bridgehead atoms. The number of anilines is 1. The van der Waals surface area contributed by atoms with Gasteiger partial charge in [0.25, 0.3) is 0 Å². The number of nitrogens with one attached hydrogen (secondary N) is 1. The monoisotopic (exact) mass is 280 g/mol. The van der Waals surface area contributed by atoms with Gasteiger partial charge in [0.1, 0.15) is 18.2 Å². The van der Waals surface area contributed by atoms with Crippen molar-refractivity contribution in [2.45, 2.75) is 19.4 Å². The Bertz CT molecular complexity index is 796. The lowest BCUT2D eigenvalue weighted by Crippen LogP contribution is -2.33. The highest BCUT2D eigenvalue weighted by molar-refractivity contribution is 5.50. The standard InChI is InChI=1S/C16H16N4O/c1-11-8-16(20-15(18-11)6-7-17-20)19-13-9-12-4-2-3-5-14(12)21-10-13/h2-8,13,19H,9-10H2,1H3/t13-/m1/s1. The number of rotatable bonds is 2. The highest BCUT2D eigenvalue weighted by Crippen LogP contribution is 2.25. The van der Waals surface area contributed by atoms with E-state index in [4.69, 9.17) is 4.74 Å². The number of hydrogen-bond donors (Lipinski definition) is 1. The molecule has 106 valence electrons. The molecule has 0 saturated carbocycles. The molecule has 1 aliphatic rings. The summed E-state index contributed by atoms with van der Waals surface area (Å²) < 4.78 is 7.65. The Morgan fingerprint density at radius 1 is 1.29 bits per heavy atom. The summed E-state index contributed by atoms with van der Waals surface area (Å²) in [6.07, 6.45) is 2.71. The van der Waals surface area contributed by atoms with Gasteiger partial charge in [-0.1, -0.05) is 18.2 Å². The molecule has 3 heterocycles. The fraction of sp³-hybridized carbons (Fsp3) is 0.250. The normalized spacial score (nSPS) is 17.3. The highest BCUT2D eigenvalue weighted by atomic mass is 16.5. The predicted octanol–water partition coefficient (Wildman–Crippen LogP) is 2.45. The van der Waals surface area contributed by atoms with Gasteiger partial charge >= 0.3 is 0 Å². The van der Waals surface area contributed by atoms with Crippen molar-refractivity contribution in [3.05, 3.63) is 53.9 Å². The summed E-state index contributed by atoms with van der Waals surface area (Å²) in [7, 11) is 0. The molecule has 1 aromatic carbocycles. The van der Waals surface area contributed by atoms with Crippen LogP contribution in [-0.4, -0.2) is 27.2 Å². The number of fused-ring (bicyclic) bond motifs is 2. The molecule has 1 aliphatic heterocycles. The van der Waals surface area contributed by atoms with Gasteiger partial charge in [0.15, 0.2) is 5.65 Å². The topological polar surface area (TPSA) is 51.5 Å². The van der Waals surface area contributed by atoms with E-state index in [-0.39, 0.29) is 6.04 Å². The minimum Gasteiger partial charge on any atom is -0.491 e. The molecule has 2 aromatic heterocycles. The average Bonchev–Trinajstić information content (AvgIpc) is 2.95. The van der Waals surface area contributed by atoms with E-state index in [9.17, 15) is 0 Å². The first-order valence-corrected chi connectivity index (χ1v) is 7.08. The lowest BCUT2D eigenvalue weighted by atomic mass is 10.0. The third kappa shape index (κ3) is 2.20. The number of nitrogens with zero attached hydrogens (tertiary/aromatic N) is 3. The van der Waals surface area contributed by atoms with Crippen LogP contribution >= 0.6 is 0 Å². The zero-order valence-corrected chi connectivity index (χ0v) is 11.8. The molecular formula is C16H16N4O. The second kappa shape index (κ2) is 4.77. The maximum atomic E-state index is 5.82. The minimum atomic E-state index is 0.231. The molecular weight excluding hydrogens is 264 g/mol. The zero-order valence-electron chi connectivity index (χ0n) is 11.8. The van der Waals surface area contributed by atoms with E-state index in [1.54, 1.807) is 6.20 Å². The molecule has 5 nitrogen and oxygen atoms in total. The second-order valence-corrected chi connectivity index (χ2v) is 5.35. The third-order valence-corrected chi connectivity index (χ3v) is 3.72. The summed E-state index contributed by atoms with van der Waals surface area (Å²) in [5, 5.41) is 7.85. The van der Waals surface area contributed by atoms with Gasteiger partial charge in [-0.15, -0.1) is 0 Å². The van der Waals surface area contributed by atoms with E-state index < -0.39 is 0 Å². The van der Waals surface area contributed by atoms with Crippen molar-refractivity contribution in [2.75, 3.05) is 11.9 Å². The van der Waals surface area contributed by atoms with E-state index in [0.717, 1.165) is 29.3 Å². The number of para-hydroxylation sites is 1. The average molecular weight is 280 g/mol. The Hall–Kier alpha value is -2.56. The van der Waals surface area contributed by atoms with Crippen LogP contribution in [-0.2, 0) is 6.42 Å². The quantitative estimate of drug-likeness (QED) is 0.783. The van der Waals surface area contributed by atoms with Gasteiger partial charge in [-0.25, -0.2) is 4.98 Å². The summed E-state index contributed by atoms with van der Waals surface area (Å²) in [5.74, 6) is 1.95. The smallest absolute Gasteiger partial charge is 0.157 e. The van der Waals surface area contributed by atoms with Crippen molar-refractivity contribution in [1.82, 2.24) is 14.6 Å². The van der Waals surface area contributed by atoms with Crippen molar-refractivity contribution >= 4 is 11.5 Å². The SMILES string of the molecule is Cc1cc(N[C@H]2COc3ccccc3C2)n2nccc2n1. The molecule has 0 fully saturated rings. The van der Waals surface area contributed by atoms with Crippen LogP contribution in [0.3, 0.4) is 0 Å². The molecule has 1 N–H and O–H groups in total. The Labute approximate surface area is 122 Å². The van der Waals surface area contributed by atoms with Crippen LogP contribution < -0.4 is 10.1 Å². The van der Waals surface area contributed by atoms with Gasteiger partial charge < -0.3 is 10.1 Å². The van der Waals surface area contributed by atoms with E-state index in [0.29, 0.717) is 6.61 Å². The zero-order chi connectivity index (χ0) is 14.2. The molecule has 0 aliphatic carbocycles. The number of aryl methyl sites for hydroxylation is 1. The van der Waals surface area contributed by atoms with Crippen LogP contribution in [0.1, 0.15) is 11.3 Å². The molecule has 5 heteroatoms. The van der Waals surface area contributed by atoms with Gasteiger partial charge in [-0.3, -0.25) is 0 Å². The van der Waals surface area contributed by atoms with Gasteiger partial charge in [0.05, 0.1) is 12.2 Å². The van der Waals surface area contributed by atoms with Crippen molar-refractivity contribution in [3.63, 3.8) is 0 Å². The van der Waals surface area contributed by atoms with Crippen molar-refractivity contribution in [2.24, 2.45) is 0 Å². The summed E-state index contributed by atoms with van der Waals surface area (Å²) in [6, 6.07) is 12.3. The molecule has 0 amide bonds. The van der Waals surface area contributed by atoms with E-state index in [1.165, 1.54) is 5.56 Å². The number of aromatic nitrogens is 3. The Balaban J connectivity index is 1.63. The van der Waals surface area contributed by atoms with Crippen molar-refractivity contribution < 1.29 is 4.74 Å².